The van der Waals surface area contributed by atoms with Gasteiger partial charge < -0.3 is 14.2 Å². The minimum atomic E-state index is -0.613. The Morgan fingerprint density at radius 1 is 1.03 bits per heavy atom. The van der Waals surface area contributed by atoms with Crippen LogP contribution in [0.4, 0.5) is 10.1 Å². The molecule has 1 atom stereocenters. The number of anilines is 1. The van der Waals surface area contributed by atoms with Crippen LogP contribution < -0.4 is 4.90 Å². The Balaban J connectivity index is 1.39. The lowest BCUT2D eigenvalue weighted by atomic mass is 10.1. The molecule has 0 N–H and O–H groups in total. The summed E-state index contributed by atoms with van der Waals surface area (Å²) in [5.41, 5.74) is 4.59. The number of esters is 1. The zero-order valence-corrected chi connectivity index (χ0v) is 19.5. The van der Waals surface area contributed by atoms with Crippen LogP contribution in [-0.2, 0) is 20.7 Å². The maximum Gasteiger partial charge on any atom is 0.311 e. The van der Waals surface area contributed by atoms with E-state index in [1.54, 1.807) is 30.0 Å². The standard InChI is InChI=1S/C27H27FN2O4/c1-4-19-5-9-22(10-6-19)29-15-20(14-26(29)32)27(33)34-16-25(31)24-13-17(2)30(18(24)3)23-11-7-21(28)8-12-23/h5-13,20H,4,14-16H2,1-3H3. The van der Waals surface area contributed by atoms with Gasteiger partial charge in [0.1, 0.15) is 5.82 Å². The van der Waals surface area contributed by atoms with E-state index in [9.17, 15) is 18.8 Å². The minimum Gasteiger partial charge on any atom is -0.457 e. The molecule has 34 heavy (non-hydrogen) atoms. The second-order valence-corrected chi connectivity index (χ2v) is 8.55. The Hall–Kier alpha value is -3.74. The van der Waals surface area contributed by atoms with Gasteiger partial charge in [0.25, 0.3) is 0 Å². The first kappa shape index (κ1) is 23.4. The molecule has 1 saturated heterocycles. The van der Waals surface area contributed by atoms with Crippen molar-refractivity contribution in [2.45, 2.75) is 33.6 Å². The van der Waals surface area contributed by atoms with Gasteiger partial charge in [-0.3, -0.25) is 14.4 Å². The highest BCUT2D eigenvalue weighted by Crippen LogP contribution is 2.27. The highest BCUT2D eigenvalue weighted by molar-refractivity contribution is 6.01. The Labute approximate surface area is 197 Å². The molecule has 4 rings (SSSR count). The number of hydrogen-bond donors (Lipinski definition) is 0. The largest absolute Gasteiger partial charge is 0.457 e. The molecule has 1 fully saturated rings. The predicted molar refractivity (Wildman–Crippen MR) is 127 cm³/mol. The van der Waals surface area contributed by atoms with Crippen molar-refractivity contribution in [1.29, 1.82) is 0 Å². The van der Waals surface area contributed by atoms with Crippen LogP contribution in [0.1, 0.15) is 40.7 Å². The molecule has 176 valence electrons. The van der Waals surface area contributed by atoms with Crippen molar-refractivity contribution in [1.82, 2.24) is 4.57 Å². The summed E-state index contributed by atoms with van der Waals surface area (Å²) in [4.78, 5) is 39.5. The summed E-state index contributed by atoms with van der Waals surface area (Å²) in [6.07, 6.45) is 0.963. The molecule has 1 aromatic heterocycles. The van der Waals surface area contributed by atoms with Crippen LogP contribution in [0.3, 0.4) is 0 Å². The molecule has 3 aromatic rings. The number of ether oxygens (including phenoxy) is 1. The van der Waals surface area contributed by atoms with Crippen LogP contribution in [-0.4, -0.2) is 35.4 Å². The fraction of sp³-hybridized carbons (Fsp3) is 0.296. The summed E-state index contributed by atoms with van der Waals surface area (Å²) >= 11 is 0. The highest BCUT2D eigenvalue weighted by atomic mass is 19.1. The predicted octanol–water partition coefficient (Wildman–Crippen LogP) is 4.57. The molecule has 0 saturated carbocycles. The summed E-state index contributed by atoms with van der Waals surface area (Å²) in [5, 5.41) is 0. The van der Waals surface area contributed by atoms with Gasteiger partial charge in [0.05, 0.1) is 5.92 Å². The molecule has 2 aromatic carbocycles. The molecular weight excluding hydrogens is 435 g/mol. The Bertz CT molecular complexity index is 1230. The summed E-state index contributed by atoms with van der Waals surface area (Å²) in [6, 6.07) is 15.4. The Morgan fingerprint density at radius 3 is 2.32 bits per heavy atom. The Morgan fingerprint density at radius 2 is 1.68 bits per heavy atom. The van der Waals surface area contributed by atoms with Crippen molar-refractivity contribution in [3.05, 3.63) is 82.9 Å². The van der Waals surface area contributed by atoms with Gasteiger partial charge in [-0.1, -0.05) is 19.1 Å². The number of carbonyl (C=O) groups is 3. The van der Waals surface area contributed by atoms with Gasteiger partial charge in [-0.25, -0.2) is 4.39 Å². The van der Waals surface area contributed by atoms with E-state index < -0.39 is 18.5 Å². The lowest BCUT2D eigenvalue weighted by Crippen LogP contribution is -2.27. The Kier molecular flexibility index (Phi) is 6.63. The number of aryl methyl sites for hydroxylation is 2. The van der Waals surface area contributed by atoms with Gasteiger partial charge in [-0.05, 0) is 68.3 Å². The van der Waals surface area contributed by atoms with Crippen LogP contribution >= 0.6 is 0 Å². The third kappa shape index (κ3) is 4.64. The summed E-state index contributed by atoms with van der Waals surface area (Å²) in [5.74, 6) is -1.97. The molecule has 0 aliphatic carbocycles. The van der Waals surface area contributed by atoms with Crippen molar-refractivity contribution in [2.24, 2.45) is 5.92 Å². The number of benzene rings is 2. The minimum absolute atomic E-state index is 0.0572. The van der Waals surface area contributed by atoms with Gasteiger partial charge >= 0.3 is 5.97 Å². The molecule has 1 aliphatic heterocycles. The normalized spacial score (nSPS) is 15.6. The van der Waals surface area contributed by atoms with E-state index >= 15 is 0 Å². The van der Waals surface area contributed by atoms with E-state index in [4.69, 9.17) is 4.74 Å². The van der Waals surface area contributed by atoms with Gasteiger partial charge in [0, 0.05) is 41.3 Å². The molecule has 0 radical (unpaired) electrons. The number of rotatable bonds is 7. The zero-order valence-electron chi connectivity index (χ0n) is 19.5. The molecule has 1 aliphatic rings. The number of amides is 1. The number of hydrogen-bond acceptors (Lipinski definition) is 4. The topological polar surface area (TPSA) is 68.6 Å². The van der Waals surface area contributed by atoms with Crippen LogP contribution in [0.5, 0.6) is 0 Å². The van der Waals surface area contributed by atoms with Crippen LogP contribution in [0, 0.1) is 25.6 Å². The third-order valence-electron chi connectivity index (χ3n) is 6.28. The van der Waals surface area contributed by atoms with E-state index in [1.165, 1.54) is 17.7 Å². The van der Waals surface area contributed by atoms with Gasteiger partial charge in [0.2, 0.25) is 11.7 Å². The van der Waals surface area contributed by atoms with Crippen LogP contribution in [0.15, 0.2) is 54.6 Å². The van der Waals surface area contributed by atoms with Crippen LogP contribution in [0.2, 0.25) is 0 Å². The quantitative estimate of drug-likeness (QED) is 0.381. The second kappa shape index (κ2) is 9.63. The molecule has 1 unspecified atom stereocenters. The monoisotopic (exact) mass is 462 g/mol. The fourth-order valence-electron chi connectivity index (χ4n) is 4.39. The molecule has 6 nitrogen and oxygen atoms in total. The van der Waals surface area contributed by atoms with E-state index in [0.29, 0.717) is 11.3 Å². The second-order valence-electron chi connectivity index (χ2n) is 8.55. The SMILES string of the molecule is CCc1ccc(N2CC(C(=O)OCC(=O)c3cc(C)n(-c4ccc(F)cc4)c3C)CC2=O)cc1. The summed E-state index contributed by atoms with van der Waals surface area (Å²) in [6.45, 7) is 5.54. The lowest BCUT2D eigenvalue weighted by molar-refractivity contribution is -0.147. The van der Waals surface area contributed by atoms with Gasteiger partial charge in [-0.2, -0.15) is 0 Å². The molecule has 2 heterocycles. The van der Waals surface area contributed by atoms with Gasteiger partial charge in [-0.15, -0.1) is 0 Å². The zero-order chi connectivity index (χ0) is 24.4. The van der Waals surface area contributed by atoms with Crippen molar-refractivity contribution in [3.8, 4) is 5.69 Å². The smallest absolute Gasteiger partial charge is 0.311 e. The van der Waals surface area contributed by atoms with Crippen molar-refractivity contribution in [3.63, 3.8) is 0 Å². The number of carbonyl (C=O) groups excluding carboxylic acids is 3. The molecule has 7 heteroatoms. The lowest BCUT2D eigenvalue weighted by Gasteiger charge is -2.17. The average Bonchev–Trinajstić information content (AvgIpc) is 3.37. The highest BCUT2D eigenvalue weighted by Gasteiger charge is 2.36. The first-order valence-electron chi connectivity index (χ1n) is 11.3. The maximum atomic E-state index is 13.3. The van der Waals surface area contributed by atoms with Crippen molar-refractivity contribution >= 4 is 23.3 Å². The van der Waals surface area contributed by atoms with E-state index in [0.717, 1.165) is 23.5 Å². The van der Waals surface area contributed by atoms with Crippen LogP contribution in [0.25, 0.3) is 5.69 Å². The molecular formula is C27H27FN2O4. The van der Waals surface area contributed by atoms with E-state index in [-0.39, 0.29) is 30.5 Å². The number of nitrogens with zero attached hydrogens (tertiary/aromatic N) is 2. The number of ketones is 1. The van der Waals surface area contributed by atoms with E-state index in [2.05, 4.69) is 6.92 Å². The molecule has 1 amide bonds. The molecule has 0 spiro atoms. The first-order valence-corrected chi connectivity index (χ1v) is 11.3. The van der Waals surface area contributed by atoms with Crippen molar-refractivity contribution in [2.75, 3.05) is 18.1 Å². The average molecular weight is 463 g/mol. The maximum absolute atomic E-state index is 13.3. The fourth-order valence-corrected chi connectivity index (χ4v) is 4.39. The number of halogens is 1. The number of Topliss-reactive ketones (excluding diaryl/α,β-unsaturated/α-hetero) is 1. The first-order chi connectivity index (χ1) is 16.3. The number of aromatic nitrogens is 1. The third-order valence-corrected chi connectivity index (χ3v) is 6.28. The van der Waals surface area contributed by atoms with Crippen molar-refractivity contribution < 1.29 is 23.5 Å². The summed E-state index contributed by atoms with van der Waals surface area (Å²) in [7, 11) is 0. The molecule has 0 bridgehead atoms. The van der Waals surface area contributed by atoms with E-state index in [1.807, 2.05) is 35.8 Å². The summed E-state index contributed by atoms with van der Waals surface area (Å²) < 4.78 is 20.4. The van der Waals surface area contributed by atoms with Gasteiger partial charge in [0.15, 0.2) is 6.61 Å².